The summed E-state index contributed by atoms with van der Waals surface area (Å²) in [6.07, 6.45) is 1.72. The molecule has 3 heteroatoms. The van der Waals surface area contributed by atoms with Gasteiger partial charge in [-0.1, -0.05) is 43.3 Å². The van der Waals surface area contributed by atoms with Crippen molar-refractivity contribution in [3.05, 3.63) is 65.2 Å². The van der Waals surface area contributed by atoms with E-state index in [2.05, 4.69) is 42.4 Å². The van der Waals surface area contributed by atoms with Crippen LogP contribution in [0.1, 0.15) is 24.3 Å². The van der Waals surface area contributed by atoms with Gasteiger partial charge in [-0.25, -0.2) is 0 Å². The third kappa shape index (κ3) is 3.95. The molecule has 2 aromatic carbocycles. The van der Waals surface area contributed by atoms with Gasteiger partial charge < -0.3 is 4.52 Å². The molecule has 0 spiro atoms. The molecular formula is C19H21NOS. The normalized spacial score (nSPS) is 9.82. The number of rotatable bonds is 0. The number of fused-ring (bicyclic) bond motifs is 2. The molecule has 0 saturated heterocycles. The average molecular weight is 311 g/mol. The van der Waals surface area contributed by atoms with E-state index in [0.29, 0.717) is 0 Å². The van der Waals surface area contributed by atoms with Crippen molar-refractivity contribution >= 4 is 32.4 Å². The van der Waals surface area contributed by atoms with Crippen molar-refractivity contribution in [3.8, 4) is 0 Å². The number of thiophene rings is 1. The SMILES string of the molecule is CC.Cc1cc2ccccc2s1.Cc1ccc2cnoc2c1. The van der Waals surface area contributed by atoms with Gasteiger partial charge in [0.2, 0.25) is 0 Å². The number of nitrogens with zero attached hydrogens (tertiary/aromatic N) is 1. The number of benzene rings is 2. The number of hydrogen-bond donors (Lipinski definition) is 0. The van der Waals surface area contributed by atoms with Crippen LogP contribution in [-0.4, -0.2) is 5.16 Å². The molecule has 0 amide bonds. The summed E-state index contributed by atoms with van der Waals surface area (Å²) in [5, 5.41) is 6.09. The van der Waals surface area contributed by atoms with E-state index in [1.807, 2.05) is 50.3 Å². The third-order valence-electron chi connectivity index (χ3n) is 3.06. The van der Waals surface area contributed by atoms with E-state index in [-0.39, 0.29) is 0 Å². The molecular weight excluding hydrogens is 290 g/mol. The van der Waals surface area contributed by atoms with Crippen LogP contribution < -0.4 is 0 Å². The Morgan fingerprint density at radius 3 is 2.45 bits per heavy atom. The summed E-state index contributed by atoms with van der Waals surface area (Å²) in [5.41, 5.74) is 2.06. The highest BCUT2D eigenvalue weighted by atomic mass is 32.1. The number of hydrogen-bond acceptors (Lipinski definition) is 3. The van der Waals surface area contributed by atoms with Gasteiger partial charge in [-0.05, 0) is 49.1 Å². The molecule has 2 aromatic heterocycles. The van der Waals surface area contributed by atoms with Crippen molar-refractivity contribution in [2.24, 2.45) is 0 Å². The number of aryl methyl sites for hydroxylation is 2. The molecule has 0 aliphatic carbocycles. The van der Waals surface area contributed by atoms with Crippen LogP contribution in [0.2, 0.25) is 0 Å². The summed E-state index contributed by atoms with van der Waals surface area (Å²) in [6.45, 7) is 8.17. The first kappa shape index (κ1) is 16.2. The van der Waals surface area contributed by atoms with E-state index >= 15 is 0 Å². The third-order valence-corrected chi connectivity index (χ3v) is 4.09. The first-order chi connectivity index (χ1) is 10.7. The van der Waals surface area contributed by atoms with Gasteiger partial charge in [0.05, 0.1) is 6.20 Å². The fraction of sp³-hybridized carbons (Fsp3) is 0.211. The summed E-state index contributed by atoms with van der Waals surface area (Å²) in [6, 6.07) is 16.7. The lowest BCUT2D eigenvalue weighted by molar-refractivity contribution is 0.456. The van der Waals surface area contributed by atoms with Gasteiger partial charge in [0.1, 0.15) is 0 Å². The first-order valence-electron chi connectivity index (χ1n) is 7.48. The maximum absolute atomic E-state index is 4.95. The molecule has 4 rings (SSSR count). The lowest BCUT2D eigenvalue weighted by Gasteiger charge is -1.87. The lowest BCUT2D eigenvalue weighted by Crippen LogP contribution is -1.67. The van der Waals surface area contributed by atoms with Crippen LogP contribution in [0, 0.1) is 13.8 Å². The molecule has 0 unspecified atom stereocenters. The van der Waals surface area contributed by atoms with E-state index in [0.717, 1.165) is 11.0 Å². The molecule has 2 nitrogen and oxygen atoms in total. The fourth-order valence-corrected chi connectivity index (χ4v) is 3.01. The lowest BCUT2D eigenvalue weighted by atomic mass is 10.2. The Morgan fingerprint density at radius 1 is 0.909 bits per heavy atom. The van der Waals surface area contributed by atoms with Crippen LogP contribution in [0.3, 0.4) is 0 Å². The van der Waals surface area contributed by atoms with Gasteiger partial charge in [0.15, 0.2) is 5.58 Å². The topological polar surface area (TPSA) is 26.0 Å². The summed E-state index contributed by atoms with van der Waals surface area (Å²) in [5.74, 6) is 0. The monoisotopic (exact) mass is 311 g/mol. The Morgan fingerprint density at radius 2 is 1.68 bits per heavy atom. The van der Waals surface area contributed by atoms with Crippen molar-refractivity contribution in [1.82, 2.24) is 5.16 Å². The Bertz CT molecular complexity index is 812. The van der Waals surface area contributed by atoms with Crippen LogP contribution in [-0.2, 0) is 0 Å². The van der Waals surface area contributed by atoms with Gasteiger partial charge in [-0.3, -0.25) is 0 Å². The molecule has 0 N–H and O–H groups in total. The van der Waals surface area contributed by atoms with Crippen LogP contribution in [0.15, 0.2) is 59.3 Å². The zero-order chi connectivity index (χ0) is 15.9. The molecule has 0 radical (unpaired) electrons. The van der Waals surface area contributed by atoms with Gasteiger partial charge in [0.25, 0.3) is 0 Å². The second kappa shape index (κ2) is 7.76. The fourth-order valence-electron chi connectivity index (χ4n) is 2.08. The van der Waals surface area contributed by atoms with Crippen molar-refractivity contribution in [2.45, 2.75) is 27.7 Å². The molecule has 0 saturated carbocycles. The van der Waals surface area contributed by atoms with Gasteiger partial charge >= 0.3 is 0 Å². The zero-order valence-electron chi connectivity index (χ0n) is 13.5. The molecule has 0 aliphatic rings. The summed E-state index contributed by atoms with van der Waals surface area (Å²) < 4.78 is 6.34. The van der Waals surface area contributed by atoms with E-state index in [1.165, 1.54) is 20.5 Å². The second-order valence-corrected chi connectivity index (χ2v) is 6.05. The molecule has 0 aliphatic heterocycles. The smallest absolute Gasteiger partial charge is 0.167 e. The maximum atomic E-state index is 4.95. The Labute approximate surface area is 135 Å². The van der Waals surface area contributed by atoms with Crippen LogP contribution in [0.5, 0.6) is 0 Å². The molecule has 2 heterocycles. The molecule has 22 heavy (non-hydrogen) atoms. The Hall–Kier alpha value is -2.13. The minimum absolute atomic E-state index is 0.861. The highest BCUT2D eigenvalue weighted by Gasteiger charge is 1.95. The van der Waals surface area contributed by atoms with E-state index in [4.69, 9.17) is 4.52 Å². The Kier molecular flexibility index (Phi) is 5.73. The van der Waals surface area contributed by atoms with Crippen molar-refractivity contribution in [2.75, 3.05) is 0 Å². The Balaban J connectivity index is 0.000000144. The highest BCUT2D eigenvalue weighted by molar-refractivity contribution is 7.19. The average Bonchev–Trinajstić information content (AvgIpc) is 3.14. The molecule has 0 bridgehead atoms. The molecule has 0 fully saturated rings. The number of aromatic nitrogens is 1. The van der Waals surface area contributed by atoms with E-state index in [1.54, 1.807) is 6.20 Å². The van der Waals surface area contributed by atoms with E-state index in [9.17, 15) is 0 Å². The van der Waals surface area contributed by atoms with Crippen LogP contribution in [0.4, 0.5) is 0 Å². The maximum Gasteiger partial charge on any atom is 0.167 e. The van der Waals surface area contributed by atoms with Crippen LogP contribution >= 0.6 is 11.3 Å². The van der Waals surface area contributed by atoms with Crippen molar-refractivity contribution in [1.29, 1.82) is 0 Å². The van der Waals surface area contributed by atoms with Crippen molar-refractivity contribution < 1.29 is 4.52 Å². The molecule has 0 atom stereocenters. The first-order valence-corrected chi connectivity index (χ1v) is 8.30. The van der Waals surface area contributed by atoms with Gasteiger partial charge in [-0.2, -0.15) is 0 Å². The summed E-state index contributed by atoms with van der Waals surface area (Å²) >= 11 is 1.85. The molecule has 4 aromatic rings. The standard InChI is InChI=1S/C9H8S.C8H7NO.C2H6/c1-7-6-8-4-2-3-5-9(8)10-7;1-6-2-3-7-5-9-10-8(7)4-6;1-2/h2-6H,1H3;2-5H,1H3;1-2H3. The largest absolute Gasteiger partial charge is 0.356 e. The minimum atomic E-state index is 0.861. The van der Waals surface area contributed by atoms with Crippen LogP contribution in [0.25, 0.3) is 21.1 Å². The van der Waals surface area contributed by atoms with E-state index < -0.39 is 0 Å². The molecule has 114 valence electrons. The van der Waals surface area contributed by atoms with Gasteiger partial charge in [0, 0.05) is 15.0 Å². The van der Waals surface area contributed by atoms with Gasteiger partial charge in [-0.15, -0.1) is 11.3 Å². The highest BCUT2D eigenvalue weighted by Crippen LogP contribution is 2.23. The zero-order valence-corrected chi connectivity index (χ0v) is 14.3. The predicted octanol–water partition coefficient (Wildman–Crippen LogP) is 6.37. The second-order valence-electron chi connectivity index (χ2n) is 4.76. The predicted molar refractivity (Wildman–Crippen MR) is 96.7 cm³/mol. The van der Waals surface area contributed by atoms with Crippen molar-refractivity contribution in [3.63, 3.8) is 0 Å². The minimum Gasteiger partial charge on any atom is -0.356 e. The summed E-state index contributed by atoms with van der Waals surface area (Å²) in [7, 11) is 0. The summed E-state index contributed by atoms with van der Waals surface area (Å²) in [4.78, 5) is 1.39. The quantitative estimate of drug-likeness (QED) is 0.377.